The monoisotopic (exact) mass is 585 g/mol. The predicted molar refractivity (Wildman–Crippen MR) is 155 cm³/mol. The third-order valence-corrected chi connectivity index (χ3v) is 8.23. The third-order valence-electron chi connectivity index (χ3n) is 6.44. The summed E-state index contributed by atoms with van der Waals surface area (Å²) in [5, 5.41) is 2.76. The fraction of sp³-hybridized carbons (Fsp3) is 0.333. The molecule has 3 rings (SSSR count). The molecule has 0 spiro atoms. The molecule has 0 aromatic heterocycles. The summed E-state index contributed by atoms with van der Waals surface area (Å²) in [6.45, 7) is 5.99. The number of carbonyl (C=O) groups is 2. The maximum Gasteiger partial charge on any atom is 0.264 e. The molecule has 0 saturated carbocycles. The molecule has 0 aliphatic carbocycles. The first-order chi connectivity index (χ1) is 19.4. The zero-order valence-electron chi connectivity index (χ0n) is 24.0. The molecule has 2 amide bonds. The van der Waals surface area contributed by atoms with E-state index in [1.807, 2.05) is 6.92 Å². The van der Waals surface area contributed by atoms with Crippen molar-refractivity contribution in [2.45, 2.75) is 51.2 Å². The zero-order valence-corrected chi connectivity index (χ0v) is 24.9. The first kappa shape index (κ1) is 31.4. The molecule has 0 saturated heterocycles. The second kappa shape index (κ2) is 13.5. The van der Waals surface area contributed by atoms with Gasteiger partial charge in [0.25, 0.3) is 10.0 Å². The van der Waals surface area contributed by atoms with E-state index in [4.69, 9.17) is 9.47 Å². The SMILES string of the molecule is COc1ccc(N(CC(=O)N(Cc2ccccc2F)C(C)C(=O)NC(C)C)S(=O)(=O)c2ccc(C)cc2)cc1OC. The van der Waals surface area contributed by atoms with Gasteiger partial charge in [-0.2, -0.15) is 0 Å². The van der Waals surface area contributed by atoms with E-state index in [0.29, 0.717) is 5.75 Å². The van der Waals surface area contributed by atoms with E-state index >= 15 is 0 Å². The van der Waals surface area contributed by atoms with Gasteiger partial charge in [0.1, 0.15) is 18.4 Å². The summed E-state index contributed by atoms with van der Waals surface area (Å²) >= 11 is 0. The molecule has 0 bridgehead atoms. The number of nitrogens with zero attached hydrogens (tertiary/aromatic N) is 2. The Balaban J connectivity index is 2.10. The van der Waals surface area contributed by atoms with Gasteiger partial charge in [-0.3, -0.25) is 13.9 Å². The quantitative estimate of drug-likeness (QED) is 0.340. The number of rotatable bonds is 12. The summed E-state index contributed by atoms with van der Waals surface area (Å²) in [7, 11) is -1.41. The van der Waals surface area contributed by atoms with E-state index in [1.165, 1.54) is 74.6 Å². The van der Waals surface area contributed by atoms with Crippen LogP contribution in [0, 0.1) is 12.7 Å². The third kappa shape index (κ3) is 7.55. The van der Waals surface area contributed by atoms with Crippen LogP contribution in [0.1, 0.15) is 31.9 Å². The summed E-state index contributed by atoms with van der Waals surface area (Å²) in [6.07, 6.45) is 0. The molecule has 1 atom stereocenters. The fourth-order valence-corrected chi connectivity index (χ4v) is 5.55. The van der Waals surface area contributed by atoms with Crippen molar-refractivity contribution >= 4 is 27.5 Å². The van der Waals surface area contributed by atoms with Crippen LogP contribution in [0.3, 0.4) is 0 Å². The Hall–Kier alpha value is -4.12. The molecule has 3 aromatic rings. The highest BCUT2D eigenvalue weighted by atomic mass is 32.2. The number of amides is 2. The Morgan fingerprint density at radius 2 is 1.56 bits per heavy atom. The maximum absolute atomic E-state index is 14.6. The van der Waals surface area contributed by atoms with Gasteiger partial charge in [0, 0.05) is 24.2 Å². The number of carbonyl (C=O) groups excluding carboxylic acids is 2. The average molecular weight is 586 g/mol. The highest BCUT2D eigenvalue weighted by Crippen LogP contribution is 2.34. The first-order valence-electron chi connectivity index (χ1n) is 13.0. The maximum atomic E-state index is 14.6. The van der Waals surface area contributed by atoms with Crippen LogP contribution in [0.15, 0.2) is 71.6 Å². The normalized spacial score (nSPS) is 12.0. The molecule has 9 nitrogen and oxygen atoms in total. The van der Waals surface area contributed by atoms with Crippen LogP contribution in [-0.2, 0) is 26.2 Å². The summed E-state index contributed by atoms with van der Waals surface area (Å²) in [6, 6.07) is 15.4. The van der Waals surface area contributed by atoms with Crippen molar-refractivity contribution in [1.82, 2.24) is 10.2 Å². The molecular formula is C30H36FN3O6S. The smallest absolute Gasteiger partial charge is 0.264 e. The summed E-state index contributed by atoms with van der Waals surface area (Å²) in [5.74, 6) is -1.08. The predicted octanol–water partition coefficient (Wildman–Crippen LogP) is 4.29. The van der Waals surface area contributed by atoms with Crippen LogP contribution in [-0.4, -0.2) is 58.0 Å². The number of anilines is 1. The summed E-state index contributed by atoms with van der Waals surface area (Å²) in [5.41, 5.74) is 1.18. The average Bonchev–Trinajstić information content (AvgIpc) is 2.94. The van der Waals surface area contributed by atoms with Crippen molar-refractivity contribution in [3.8, 4) is 11.5 Å². The Morgan fingerprint density at radius 3 is 2.15 bits per heavy atom. The molecule has 0 aliphatic rings. The molecule has 0 radical (unpaired) electrons. The number of aryl methyl sites for hydroxylation is 1. The Labute approximate surface area is 240 Å². The van der Waals surface area contributed by atoms with Gasteiger partial charge in [0.05, 0.1) is 24.8 Å². The molecule has 0 fully saturated rings. The Bertz CT molecular complexity index is 1480. The van der Waals surface area contributed by atoms with Crippen LogP contribution < -0.4 is 19.1 Å². The van der Waals surface area contributed by atoms with E-state index in [-0.39, 0.29) is 34.5 Å². The highest BCUT2D eigenvalue weighted by molar-refractivity contribution is 7.92. The molecule has 0 heterocycles. The fourth-order valence-electron chi connectivity index (χ4n) is 4.14. The van der Waals surface area contributed by atoms with Crippen LogP contribution in [0.25, 0.3) is 0 Å². The van der Waals surface area contributed by atoms with E-state index in [1.54, 1.807) is 32.0 Å². The standard InChI is InChI=1S/C30H36FN3O6S/c1-20(2)32-30(36)22(4)33(18-23-9-7-8-10-26(23)31)29(35)19-34(24-13-16-27(39-5)28(17-24)40-6)41(37,38)25-14-11-21(3)12-15-25/h7-17,20,22H,18-19H2,1-6H3,(H,32,36). The molecular weight excluding hydrogens is 549 g/mol. The topological polar surface area (TPSA) is 105 Å². The second-order valence-corrected chi connectivity index (χ2v) is 11.7. The van der Waals surface area contributed by atoms with Crippen molar-refractivity contribution in [3.63, 3.8) is 0 Å². The van der Waals surface area contributed by atoms with Crippen LogP contribution >= 0.6 is 0 Å². The molecule has 41 heavy (non-hydrogen) atoms. The van der Waals surface area contributed by atoms with Crippen molar-refractivity contribution in [2.24, 2.45) is 0 Å². The highest BCUT2D eigenvalue weighted by Gasteiger charge is 2.33. The summed E-state index contributed by atoms with van der Waals surface area (Å²) < 4.78 is 54.2. The van der Waals surface area contributed by atoms with Crippen molar-refractivity contribution < 1.29 is 31.9 Å². The minimum Gasteiger partial charge on any atom is -0.493 e. The number of hydrogen-bond acceptors (Lipinski definition) is 6. The van der Waals surface area contributed by atoms with Gasteiger partial charge >= 0.3 is 0 Å². The molecule has 1 unspecified atom stereocenters. The lowest BCUT2D eigenvalue weighted by Crippen LogP contribution is -2.52. The Morgan fingerprint density at radius 1 is 0.927 bits per heavy atom. The molecule has 0 aliphatic heterocycles. The number of nitrogens with one attached hydrogen (secondary N) is 1. The number of ether oxygens (including phenoxy) is 2. The molecule has 220 valence electrons. The summed E-state index contributed by atoms with van der Waals surface area (Å²) in [4.78, 5) is 28.1. The number of hydrogen-bond donors (Lipinski definition) is 1. The van der Waals surface area contributed by atoms with E-state index in [0.717, 1.165) is 9.87 Å². The van der Waals surface area contributed by atoms with Crippen LogP contribution in [0.2, 0.25) is 0 Å². The first-order valence-corrected chi connectivity index (χ1v) is 14.5. The number of sulfonamides is 1. The lowest BCUT2D eigenvalue weighted by Gasteiger charge is -2.32. The molecule has 3 aromatic carbocycles. The lowest BCUT2D eigenvalue weighted by atomic mass is 10.1. The molecule has 11 heteroatoms. The van der Waals surface area contributed by atoms with Gasteiger partial charge < -0.3 is 19.7 Å². The lowest BCUT2D eigenvalue weighted by molar-refractivity contribution is -0.139. The van der Waals surface area contributed by atoms with Gasteiger partial charge in [-0.15, -0.1) is 0 Å². The van der Waals surface area contributed by atoms with Gasteiger partial charge in [-0.05, 0) is 58.0 Å². The van der Waals surface area contributed by atoms with Crippen LogP contribution in [0.5, 0.6) is 11.5 Å². The van der Waals surface area contributed by atoms with E-state index in [2.05, 4.69) is 5.32 Å². The van der Waals surface area contributed by atoms with Crippen LogP contribution in [0.4, 0.5) is 10.1 Å². The minimum atomic E-state index is -4.28. The number of methoxy groups -OCH3 is 2. The van der Waals surface area contributed by atoms with Crippen molar-refractivity contribution in [3.05, 3.63) is 83.7 Å². The van der Waals surface area contributed by atoms with Gasteiger partial charge in [-0.1, -0.05) is 35.9 Å². The van der Waals surface area contributed by atoms with E-state index < -0.39 is 40.2 Å². The number of benzene rings is 3. The zero-order chi connectivity index (χ0) is 30.3. The minimum absolute atomic E-state index is 0.0306. The van der Waals surface area contributed by atoms with Crippen molar-refractivity contribution in [1.29, 1.82) is 0 Å². The Kier molecular flexibility index (Phi) is 10.3. The van der Waals surface area contributed by atoms with Gasteiger partial charge in [0.2, 0.25) is 11.8 Å². The molecule has 1 N–H and O–H groups in total. The van der Waals surface area contributed by atoms with E-state index in [9.17, 15) is 22.4 Å². The van der Waals surface area contributed by atoms with Crippen molar-refractivity contribution in [2.75, 3.05) is 25.1 Å². The second-order valence-electron chi connectivity index (χ2n) is 9.82. The largest absolute Gasteiger partial charge is 0.493 e. The number of halogens is 1. The van der Waals surface area contributed by atoms with Gasteiger partial charge in [0.15, 0.2) is 11.5 Å². The van der Waals surface area contributed by atoms with Gasteiger partial charge in [-0.25, -0.2) is 12.8 Å².